The molecule has 0 aliphatic carbocycles. The second-order valence-electron chi connectivity index (χ2n) is 20.4. The van der Waals surface area contributed by atoms with E-state index in [1.807, 2.05) is 0 Å². The maximum Gasteiger partial charge on any atom is 0.306 e. The zero-order valence-electron chi connectivity index (χ0n) is 44.6. The molecule has 0 saturated heterocycles. The zero-order valence-corrected chi connectivity index (χ0v) is 44.6. The van der Waals surface area contributed by atoms with Crippen LogP contribution in [0.15, 0.2) is 24.3 Å². The average molecular weight is 931 g/mol. The fourth-order valence-electron chi connectivity index (χ4n) is 9.31. The van der Waals surface area contributed by atoms with Crippen LogP contribution < -0.4 is 5.32 Å². The van der Waals surface area contributed by atoms with Crippen molar-refractivity contribution in [3.63, 3.8) is 0 Å². The van der Waals surface area contributed by atoms with Crippen LogP contribution in [0.3, 0.4) is 0 Å². The van der Waals surface area contributed by atoms with Crippen molar-refractivity contribution in [2.45, 2.75) is 341 Å². The summed E-state index contributed by atoms with van der Waals surface area (Å²) in [6.07, 6.45) is 63.9. The van der Waals surface area contributed by atoms with E-state index in [9.17, 15) is 19.8 Å². The van der Waals surface area contributed by atoms with Gasteiger partial charge in [-0.1, -0.05) is 283 Å². The van der Waals surface area contributed by atoms with E-state index in [2.05, 4.69) is 50.4 Å². The van der Waals surface area contributed by atoms with E-state index in [1.54, 1.807) is 0 Å². The number of carbonyl (C=O) groups excluding carboxylic acids is 2. The molecule has 0 saturated carbocycles. The second-order valence-corrected chi connectivity index (χ2v) is 20.4. The second kappa shape index (κ2) is 54.3. The Morgan fingerprint density at radius 3 is 1.12 bits per heavy atom. The van der Waals surface area contributed by atoms with Gasteiger partial charge in [0.25, 0.3) is 0 Å². The topological polar surface area (TPSA) is 95.9 Å². The zero-order chi connectivity index (χ0) is 48.1. The summed E-state index contributed by atoms with van der Waals surface area (Å²) in [5.74, 6) is -0.470. The first kappa shape index (κ1) is 64.3. The summed E-state index contributed by atoms with van der Waals surface area (Å²) in [6.45, 7) is 6.51. The molecule has 0 rings (SSSR count). The number of allylic oxidation sites excluding steroid dienone is 4. The molecule has 0 aromatic carbocycles. The van der Waals surface area contributed by atoms with Crippen molar-refractivity contribution in [2.24, 2.45) is 0 Å². The Balaban J connectivity index is 4.54. The third-order valence-corrected chi connectivity index (χ3v) is 13.8. The molecule has 0 radical (unpaired) electrons. The number of amides is 1. The molecule has 3 N–H and O–H groups in total. The first-order valence-corrected chi connectivity index (χ1v) is 29.6. The lowest BCUT2D eigenvalue weighted by Crippen LogP contribution is -2.46. The van der Waals surface area contributed by atoms with Gasteiger partial charge in [0.05, 0.1) is 25.2 Å². The van der Waals surface area contributed by atoms with E-state index in [0.29, 0.717) is 19.3 Å². The Morgan fingerprint density at radius 1 is 0.439 bits per heavy atom. The van der Waals surface area contributed by atoms with Crippen LogP contribution in [0.1, 0.15) is 323 Å². The van der Waals surface area contributed by atoms with Crippen molar-refractivity contribution in [1.82, 2.24) is 5.32 Å². The molecule has 6 nitrogen and oxygen atoms in total. The summed E-state index contributed by atoms with van der Waals surface area (Å²) in [5, 5.41) is 23.9. The molecular formula is C60H115NO5. The van der Waals surface area contributed by atoms with Crippen molar-refractivity contribution in [3.05, 3.63) is 24.3 Å². The van der Waals surface area contributed by atoms with E-state index in [-0.39, 0.29) is 24.9 Å². The number of ether oxygens (including phenoxy) is 1. The molecule has 66 heavy (non-hydrogen) atoms. The summed E-state index contributed by atoms with van der Waals surface area (Å²) in [6, 6.07) is -0.700. The SMILES string of the molecule is CCCCCCCCC/C=C/C=C/CCCCCCCC(=O)OC(CCCCCCCCCCCCCCCCCCC)CC(=O)NC(CO)C(O)CCCCCCCCCCCCCC. The Kier molecular flexibility index (Phi) is 52.9. The van der Waals surface area contributed by atoms with Crippen LogP contribution in [0.2, 0.25) is 0 Å². The van der Waals surface area contributed by atoms with E-state index >= 15 is 0 Å². The Labute approximate surface area is 411 Å². The Bertz CT molecular complexity index is 1040. The molecule has 0 heterocycles. The highest BCUT2D eigenvalue weighted by atomic mass is 16.5. The van der Waals surface area contributed by atoms with Crippen LogP contribution in [0, 0.1) is 0 Å². The molecule has 0 aliphatic heterocycles. The van der Waals surface area contributed by atoms with Crippen LogP contribution in [-0.4, -0.2) is 46.9 Å². The molecule has 6 heteroatoms. The molecule has 3 atom stereocenters. The van der Waals surface area contributed by atoms with Crippen molar-refractivity contribution >= 4 is 11.9 Å². The van der Waals surface area contributed by atoms with Crippen LogP contribution in [0.5, 0.6) is 0 Å². The molecule has 0 aliphatic rings. The number of hydrogen-bond donors (Lipinski definition) is 3. The minimum Gasteiger partial charge on any atom is -0.462 e. The number of aliphatic hydroxyl groups excluding tert-OH is 2. The normalized spacial score (nSPS) is 13.2. The van der Waals surface area contributed by atoms with Gasteiger partial charge in [0.15, 0.2) is 0 Å². The van der Waals surface area contributed by atoms with Gasteiger partial charge in [0, 0.05) is 6.42 Å². The molecule has 1 amide bonds. The Morgan fingerprint density at radius 2 is 0.758 bits per heavy atom. The van der Waals surface area contributed by atoms with Crippen LogP contribution >= 0.6 is 0 Å². The molecule has 0 fully saturated rings. The van der Waals surface area contributed by atoms with Gasteiger partial charge in [0.2, 0.25) is 5.91 Å². The fraction of sp³-hybridized carbons (Fsp3) is 0.900. The average Bonchev–Trinajstić information content (AvgIpc) is 3.31. The maximum atomic E-state index is 13.3. The maximum absolute atomic E-state index is 13.3. The van der Waals surface area contributed by atoms with Crippen LogP contribution in [-0.2, 0) is 14.3 Å². The minimum absolute atomic E-state index is 0.0776. The molecule has 0 aromatic rings. The van der Waals surface area contributed by atoms with Crippen molar-refractivity contribution in [1.29, 1.82) is 0 Å². The summed E-state index contributed by atoms with van der Waals surface area (Å²) >= 11 is 0. The van der Waals surface area contributed by atoms with E-state index in [0.717, 1.165) is 51.4 Å². The molecular weight excluding hydrogens is 815 g/mol. The highest BCUT2D eigenvalue weighted by Crippen LogP contribution is 2.19. The lowest BCUT2D eigenvalue weighted by molar-refractivity contribution is -0.151. The van der Waals surface area contributed by atoms with E-state index in [1.165, 1.54) is 225 Å². The van der Waals surface area contributed by atoms with Crippen molar-refractivity contribution in [3.8, 4) is 0 Å². The lowest BCUT2D eigenvalue weighted by atomic mass is 10.0. The summed E-state index contributed by atoms with van der Waals surface area (Å²) in [5.41, 5.74) is 0. The largest absolute Gasteiger partial charge is 0.462 e. The van der Waals surface area contributed by atoms with Gasteiger partial charge in [-0.05, 0) is 51.4 Å². The molecule has 390 valence electrons. The highest BCUT2D eigenvalue weighted by Gasteiger charge is 2.24. The number of hydrogen-bond acceptors (Lipinski definition) is 5. The smallest absolute Gasteiger partial charge is 0.306 e. The number of esters is 1. The number of unbranched alkanes of at least 4 members (excludes halogenated alkanes) is 39. The minimum atomic E-state index is -0.787. The summed E-state index contributed by atoms with van der Waals surface area (Å²) in [4.78, 5) is 26.3. The fourth-order valence-corrected chi connectivity index (χ4v) is 9.31. The first-order valence-electron chi connectivity index (χ1n) is 29.6. The van der Waals surface area contributed by atoms with Crippen molar-refractivity contribution < 1.29 is 24.5 Å². The quantitative estimate of drug-likeness (QED) is 0.0321. The van der Waals surface area contributed by atoms with Crippen LogP contribution in [0.4, 0.5) is 0 Å². The molecule has 3 unspecified atom stereocenters. The van der Waals surface area contributed by atoms with E-state index < -0.39 is 18.2 Å². The van der Waals surface area contributed by atoms with Gasteiger partial charge in [-0.15, -0.1) is 0 Å². The molecule has 0 aromatic heterocycles. The number of rotatable bonds is 54. The third kappa shape index (κ3) is 48.8. The van der Waals surface area contributed by atoms with Gasteiger partial charge in [0.1, 0.15) is 6.10 Å². The Hall–Kier alpha value is -1.66. The third-order valence-electron chi connectivity index (χ3n) is 13.8. The predicted molar refractivity (Wildman–Crippen MR) is 287 cm³/mol. The highest BCUT2D eigenvalue weighted by molar-refractivity contribution is 5.77. The number of aliphatic hydroxyl groups is 2. The lowest BCUT2D eigenvalue weighted by Gasteiger charge is -2.24. The number of carbonyl (C=O) groups is 2. The summed E-state index contributed by atoms with van der Waals surface area (Å²) < 4.78 is 5.97. The van der Waals surface area contributed by atoms with Gasteiger partial charge in [-0.2, -0.15) is 0 Å². The predicted octanol–water partition coefficient (Wildman–Crippen LogP) is 18.2. The monoisotopic (exact) mass is 930 g/mol. The standard InChI is InChI=1S/C60H115NO5/c1-4-7-10-13-16-19-22-25-27-29-31-33-35-38-41-44-47-50-53-60(65)66-56(51-48-45-42-39-36-34-32-30-28-26-23-20-17-14-11-8-5-2)54-59(64)61-57(55-62)58(63)52-49-46-43-40-37-24-21-18-15-12-9-6-3/h27,29,31,33,56-58,62-63H,4-26,28,30,32,34-55H2,1-3H3,(H,61,64)/b29-27+,33-31+. The van der Waals surface area contributed by atoms with Gasteiger partial charge >= 0.3 is 5.97 Å². The van der Waals surface area contributed by atoms with Crippen molar-refractivity contribution in [2.75, 3.05) is 6.61 Å². The van der Waals surface area contributed by atoms with E-state index in [4.69, 9.17) is 4.74 Å². The molecule has 0 bridgehead atoms. The van der Waals surface area contributed by atoms with Gasteiger partial charge in [-0.25, -0.2) is 0 Å². The summed E-state index contributed by atoms with van der Waals surface area (Å²) in [7, 11) is 0. The number of nitrogens with one attached hydrogen (secondary N) is 1. The van der Waals surface area contributed by atoms with Gasteiger partial charge < -0.3 is 20.3 Å². The first-order chi connectivity index (χ1) is 32.5. The van der Waals surface area contributed by atoms with Crippen LogP contribution in [0.25, 0.3) is 0 Å². The van der Waals surface area contributed by atoms with Gasteiger partial charge in [-0.3, -0.25) is 9.59 Å². The molecule has 0 spiro atoms.